The molecule has 0 amide bonds. The first-order chi connectivity index (χ1) is 19.2. The first-order valence-corrected chi connectivity index (χ1v) is 15.3. The van der Waals surface area contributed by atoms with Gasteiger partial charge in [-0.25, -0.2) is 4.79 Å². The number of hydrogen-bond donors (Lipinski definition) is 2. The zero-order valence-electron chi connectivity index (χ0n) is 24.0. The van der Waals surface area contributed by atoms with E-state index in [1.807, 2.05) is 18.2 Å². The summed E-state index contributed by atoms with van der Waals surface area (Å²) in [6, 6.07) is 8.94. The van der Waals surface area contributed by atoms with Crippen molar-refractivity contribution in [1.29, 1.82) is 0 Å². The molecule has 1 aromatic carbocycles. The third kappa shape index (κ3) is 2.82. The Bertz CT molecular complexity index is 1210. The van der Waals surface area contributed by atoms with E-state index in [1.165, 1.54) is 6.92 Å². The number of rotatable bonds is 6. The molecule has 7 bridgehead atoms. The molecule has 1 aromatic rings. The Morgan fingerprint density at radius 3 is 2.50 bits per heavy atom. The van der Waals surface area contributed by atoms with Gasteiger partial charge in [0.05, 0.1) is 28.8 Å². The number of methoxy groups -OCH3 is 1. The first-order valence-electron chi connectivity index (χ1n) is 15.3. The highest BCUT2D eigenvalue weighted by atomic mass is 16.6. The summed E-state index contributed by atoms with van der Waals surface area (Å²) >= 11 is 0. The molecule has 1 heterocycles. The summed E-state index contributed by atoms with van der Waals surface area (Å²) in [5, 5.41) is 25.3. The lowest BCUT2D eigenvalue weighted by Gasteiger charge is -2.73. The van der Waals surface area contributed by atoms with E-state index in [4.69, 9.17) is 14.2 Å². The number of carbonyl (C=O) groups excluding carboxylic acids is 2. The third-order valence-corrected chi connectivity index (χ3v) is 12.9. The molecule has 1 aliphatic heterocycles. The number of piperidine rings is 1. The molecule has 8 heteroatoms. The van der Waals surface area contributed by atoms with Crippen LogP contribution in [-0.2, 0) is 19.0 Å². The Labute approximate surface area is 236 Å². The second kappa shape index (κ2) is 8.76. The summed E-state index contributed by atoms with van der Waals surface area (Å²) in [6.45, 7) is 7.28. The van der Waals surface area contributed by atoms with Crippen molar-refractivity contribution in [2.45, 2.75) is 95.4 Å². The summed E-state index contributed by atoms with van der Waals surface area (Å²) in [7, 11) is 1.71. The minimum absolute atomic E-state index is 0.00348. The number of ether oxygens (including phenoxy) is 3. The molecule has 0 unspecified atom stereocenters. The Balaban J connectivity index is 1.44. The van der Waals surface area contributed by atoms with E-state index in [0.717, 1.165) is 32.4 Å². The molecule has 0 radical (unpaired) electrons. The van der Waals surface area contributed by atoms with Crippen molar-refractivity contribution in [3.8, 4) is 0 Å². The Kier molecular flexibility index (Phi) is 5.88. The molecule has 8 nitrogen and oxygen atoms in total. The van der Waals surface area contributed by atoms with E-state index in [9.17, 15) is 19.8 Å². The van der Waals surface area contributed by atoms with Gasteiger partial charge in [0.15, 0.2) is 0 Å². The molecule has 40 heavy (non-hydrogen) atoms. The highest BCUT2D eigenvalue weighted by Crippen LogP contribution is 2.83. The topological polar surface area (TPSA) is 106 Å². The van der Waals surface area contributed by atoms with Crippen LogP contribution in [0.1, 0.15) is 69.7 Å². The molecule has 1 saturated heterocycles. The van der Waals surface area contributed by atoms with Crippen LogP contribution in [0.25, 0.3) is 0 Å². The molecule has 6 fully saturated rings. The van der Waals surface area contributed by atoms with Gasteiger partial charge in [0.2, 0.25) is 0 Å². The number of likely N-dealkylation sites (tertiary alicyclic amines) is 1. The molecule has 5 aliphatic carbocycles. The van der Waals surface area contributed by atoms with Crippen LogP contribution in [0.2, 0.25) is 0 Å². The van der Waals surface area contributed by atoms with Gasteiger partial charge in [-0.1, -0.05) is 32.0 Å². The maximum atomic E-state index is 13.6. The summed E-state index contributed by atoms with van der Waals surface area (Å²) < 4.78 is 19.0. The lowest BCUT2D eigenvalue weighted by Crippen LogP contribution is -2.84. The zero-order valence-corrected chi connectivity index (χ0v) is 24.0. The molecule has 7 rings (SSSR count). The lowest BCUT2D eigenvalue weighted by atomic mass is 9.38. The predicted octanol–water partition coefficient (Wildman–Crippen LogP) is 3.19. The minimum Gasteiger partial charge on any atom is -0.461 e. The van der Waals surface area contributed by atoms with Crippen LogP contribution < -0.4 is 0 Å². The van der Waals surface area contributed by atoms with Gasteiger partial charge in [-0.3, -0.25) is 9.69 Å². The second-order valence-corrected chi connectivity index (χ2v) is 13.6. The molecule has 6 aliphatic rings. The van der Waals surface area contributed by atoms with Crippen molar-refractivity contribution in [2.75, 3.05) is 20.2 Å². The maximum absolute atomic E-state index is 13.6. The van der Waals surface area contributed by atoms with Crippen molar-refractivity contribution in [1.82, 2.24) is 4.90 Å². The van der Waals surface area contributed by atoms with Crippen molar-refractivity contribution in [3.63, 3.8) is 0 Å². The average Bonchev–Trinajstić information content (AvgIpc) is 3.50. The molecule has 2 N–H and O–H groups in total. The van der Waals surface area contributed by atoms with Gasteiger partial charge in [0, 0.05) is 49.8 Å². The van der Waals surface area contributed by atoms with Crippen LogP contribution in [0.3, 0.4) is 0 Å². The van der Waals surface area contributed by atoms with Crippen molar-refractivity contribution >= 4 is 11.9 Å². The van der Waals surface area contributed by atoms with E-state index >= 15 is 0 Å². The molecular weight excluding hydrogens is 510 g/mol. The summed E-state index contributed by atoms with van der Waals surface area (Å²) in [4.78, 5) is 28.7. The van der Waals surface area contributed by atoms with Crippen molar-refractivity contribution < 1.29 is 34.0 Å². The number of carbonyl (C=O) groups is 2. The van der Waals surface area contributed by atoms with Gasteiger partial charge >= 0.3 is 11.9 Å². The molecule has 12 atom stereocenters. The molecule has 5 saturated carbocycles. The van der Waals surface area contributed by atoms with Gasteiger partial charge in [0.25, 0.3) is 0 Å². The molecule has 0 aromatic heterocycles. The highest BCUT2D eigenvalue weighted by molar-refractivity contribution is 5.89. The summed E-state index contributed by atoms with van der Waals surface area (Å²) in [6.07, 6.45) is 1.86. The van der Waals surface area contributed by atoms with Crippen LogP contribution in [0.4, 0.5) is 0 Å². The van der Waals surface area contributed by atoms with Crippen molar-refractivity contribution in [3.05, 3.63) is 35.9 Å². The third-order valence-electron chi connectivity index (χ3n) is 12.9. The largest absolute Gasteiger partial charge is 0.461 e. The van der Waals surface area contributed by atoms with E-state index in [2.05, 4.69) is 18.7 Å². The first kappa shape index (κ1) is 26.9. The Morgan fingerprint density at radius 2 is 1.85 bits per heavy atom. The summed E-state index contributed by atoms with van der Waals surface area (Å²) in [5.74, 6) is -0.870. The minimum atomic E-state index is -1.29. The standard InChI is InChI=1S/C32H43NO7/c1-5-29-17-33(6-2)25-21-14-22(29)32(25,24(38-4)15-23(29)35)31(37)16-20-12-13-30(31,27(21)39-18(3)34)26(20)40-28(36)19-10-8-7-9-11-19/h7-11,20-27,35,37H,5-6,12-17H2,1-4H3/t20-,21-,22-,23+,24-,25+,26-,27+,29+,30+,31-,32+/m1/s1. The number of nitrogens with zero attached hydrogens (tertiary/aromatic N) is 1. The predicted molar refractivity (Wildman–Crippen MR) is 145 cm³/mol. The van der Waals surface area contributed by atoms with Crippen LogP contribution in [0.5, 0.6) is 0 Å². The second-order valence-electron chi connectivity index (χ2n) is 13.6. The molecular formula is C32H43NO7. The quantitative estimate of drug-likeness (QED) is 0.518. The van der Waals surface area contributed by atoms with E-state index in [-0.39, 0.29) is 35.9 Å². The fraction of sp³-hybridized carbons (Fsp3) is 0.750. The molecule has 218 valence electrons. The number of aliphatic hydroxyl groups excluding tert-OH is 1. The normalized spacial score (nSPS) is 50.0. The number of aliphatic hydroxyl groups is 2. The van der Waals surface area contributed by atoms with Gasteiger partial charge in [0.1, 0.15) is 12.2 Å². The molecule has 2 spiro atoms. The monoisotopic (exact) mass is 553 g/mol. The fourth-order valence-corrected chi connectivity index (χ4v) is 11.9. The van der Waals surface area contributed by atoms with Crippen LogP contribution in [0.15, 0.2) is 30.3 Å². The summed E-state index contributed by atoms with van der Waals surface area (Å²) in [5.41, 5.74) is -2.80. The van der Waals surface area contributed by atoms with E-state index < -0.39 is 46.1 Å². The Hall–Kier alpha value is -2.00. The van der Waals surface area contributed by atoms with Gasteiger partial charge < -0.3 is 24.4 Å². The maximum Gasteiger partial charge on any atom is 0.338 e. The van der Waals surface area contributed by atoms with E-state index in [1.54, 1.807) is 19.2 Å². The van der Waals surface area contributed by atoms with Gasteiger partial charge in [-0.15, -0.1) is 0 Å². The van der Waals surface area contributed by atoms with Crippen molar-refractivity contribution in [2.24, 2.45) is 34.0 Å². The zero-order chi connectivity index (χ0) is 28.2. The smallest absolute Gasteiger partial charge is 0.338 e. The van der Waals surface area contributed by atoms with Gasteiger partial charge in [-0.2, -0.15) is 0 Å². The Morgan fingerprint density at radius 1 is 1.10 bits per heavy atom. The SMILES string of the molecule is CCN1C[C@@]2(CC)[C@H]3C[C@@H]4[C@H]1[C@]3([C@H](OC)C[C@@H]2O)[C@@]1(O)C[C@H]2CC[C@]1([C@@H]2OC(=O)c1ccccc1)[C@H]4OC(C)=O. The number of fused-ring (bicyclic) bond motifs is 1. The lowest BCUT2D eigenvalue weighted by molar-refractivity contribution is -0.347. The number of benzene rings is 1. The highest BCUT2D eigenvalue weighted by Gasteiger charge is 2.91. The fourth-order valence-electron chi connectivity index (χ4n) is 11.9. The number of esters is 2. The van der Waals surface area contributed by atoms with Crippen LogP contribution >= 0.6 is 0 Å². The average molecular weight is 554 g/mol. The van der Waals surface area contributed by atoms with Crippen LogP contribution in [0, 0.1) is 34.0 Å². The van der Waals surface area contributed by atoms with Crippen LogP contribution in [-0.4, -0.2) is 83.3 Å². The number of hydrogen-bond acceptors (Lipinski definition) is 8. The van der Waals surface area contributed by atoms with Gasteiger partial charge in [-0.05, 0) is 62.6 Å². The van der Waals surface area contributed by atoms with E-state index in [0.29, 0.717) is 24.8 Å².